The van der Waals surface area contributed by atoms with E-state index in [9.17, 15) is 18.0 Å². The summed E-state index contributed by atoms with van der Waals surface area (Å²) in [6, 6.07) is 15.7. The molecule has 0 spiro atoms. The number of benzene rings is 2. The van der Waals surface area contributed by atoms with E-state index < -0.39 is 11.7 Å². The molecule has 0 saturated heterocycles. The number of hydrogen-bond acceptors (Lipinski definition) is 3. The molecule has 0 unspecified atom stereocenters. The van der Waals surface area contributed by atoms with Crippen molar-refractivity contribution in [2.24, 2.45) is 0 Å². The van der Waals surface area contributed by atoms with Crippen molar-refractivity contribution >= 4 is 23.1 Å². The molecular formula is C21H16F3N3O. The minimum atomic E-state index is -4.38. The van der Waals surface area contributed by atoms with Crippen molar-refractivity contribution in [3.8, 4) is 0 Å². The highest BCUT2D eigenvalue weighted by Gasteiger charge is 2.30. The number of nitrogens with zero attached hydrogens (tertiary/aromatic N) is 2. The molecule has 0 atom stereocenters. The van der Waals surface area contributed by atoms with E-state index in [4.69, 9.17) is 0 Å². The minimum absolute atomic E-state index is 0.136. The summed E-state index contributed by atoms with van der Waals surface area (Å²) in [6.45, 7) is 0.613. The number of aromatic nitrogens is 1. The fourth-order valence-corrected chi connectivity index (χ4v) is 3.23. The highest BCUT2D eigenvalue weighted by atomic mass is 19.4. The van der Waals surface area contributed by atoms with Crippen LogP contribution in [-0.4, -0.2) is 17.4 Å². The summed E-state index contributed by atoms with van der Waals surface area (Å²) in [5.74, 6) is 0.251. The summed E-state index contributed by atoms with van der Waals surface area (Å²) in [5, 5.41) is 2.94. The first-order valence-electron chi connectivity index (χ1n) is 8.72. The van der Waals surface area contributed by atoms with Gasteiger partial charge in [0.2, 0.25) is 0 Å². The molecule has 0 radical (unpaired) electrons. The Kier molecular flexibility index (Phi) is 4.50. The third-order valence-electron chi connectivity index (χ3n) is 4.62. The van der Waals surface area contributed by atoms with Gasteiger partial charge >= 0.3 is 6.18 Å². The van der Waals surface area contributed by atoms with E-state index in [0.717, 1.165) is 29.8 Å². The summed E-state index contributed by atoms with van der Waals surface area (Å²) >= 11 is 0. The maximum Gasteiger partial charge on any atom is 0.416 e. The van der Waals surface area contributed by atoms with Gasteiger partial charge in [-0.2, -0.15) is 13.2 Å². The predicted molar refractivity (Wildman–Crippen MR) is 101 cm³/mol. The van der Waals surface area contributed by atoms with Crippen LogP contribution in [-0.2, 0) is 12.6 Å². The summed E-state index contributed by atoms with van der Waals surface area (Å²) in [7, 11) is 0. The van der Waals surface area contributed by atoms with Crippen LogP contribution in [0.3, 0.4) is 0 Å². The zero-order chi connectivity index (χ0) is 19.7. The standard InChI is InChI=1S/C21H16F3N3O/c22-21(23,24)16-5-7-17(8-6-16)26-19-13-15(9-11-25-19)20(28)27-12-10-14-3-1-2-4-18(14)27/h1-9,11,13H,10,12H2,(H,25,26). The summed E-state index contributed by atoms with van der Waals surface area (Å²) < 4.78 is 38.0. The van der Waals surface area contributed by atoms with Gasteiger partial charge in [0, 0.05) is 29.7 Å². The maximum absolute atomic E-state index is 12.9. The number of carbonyl (C=O) groups is 1. The molecule has 1 amide bonds. The van der Waals surface area contributed by atoms with Gasteiger partial charge in [0.15, 0.2) is 0 Å². The second kappa shape index (κ2) is 6.99. The SMILES string of the molecule is O=C(c1ccnc(Nc2ccc(C(F)(F)F)cc2)c1)N1CCc2ccccc21. The van der Waals surface area contributed by atoms with E-state index in [1.54, 1.807) is 17.0 Å². The second-order valence-corrected chi connectivity index (χ2v) is 6.47. The Bertz CT molecular complexity index is 1020. The number of rotatable bonds is 3. The van der Waals surface area contributed by atoms with Crippen LogP contribution in [0.4, 0.5) is 30.4 Å². The van der Waals surface area contributed by atoms with Crippen LogP contribution in [0.15, 0.2) is 66.9 Å². The molecule has 28 heavy (non-hydrogen) atoms. The average molecular weight is 383 g/mol. The van der Waals surface area contributed by atoms with Crippen molar-refractivity contribution in [3.05, 3.63) is 83.6 Å². The third-order valence-corrected chi connectivity index (χ3v) is 4.62. The number of pyridine rings is 1. The van der Waals surface area contributed by atoms with Gasteiger partial charge in [0.05, 0.1) is 5.56 Å². The molecule has 0 saturated carbocycles. The highest BCUT2D eigenvalue weighted by molar-refractivity contribution is 6.07. The third kappa shape index (κ3) is 3.55. The Morgan fingerprint density at radius 3 is 2.54 bits per heavy atom. The fourth-order valence-electron chi connectivity index (χ4n) is 3.23. The van der Waals surface area contributed by atoms with Crippen LogP contribution >= 0.6 is 0 Å². The number of fused-ring (bicyclic) bond motifs is 1. The van der Waals surface area contributed by atoms with E-state index >= 15 is 0 Å². The normalized spacial score (nSPS) is 13.3. The van der Waals surface area contributed by atoms with Gasteiger partial charge in [-0.15, -0.1) is 0 Å². The van der Waals surface area contributed by atoms with E-state index in [1.807, 2.05) is 24.3 Å². The topological polar surface area (TPSA) is 45.2 Å². The van der Waals surface area contributed by atoms with Gasteiger partial charge in [-0.05, 0) is 54.4 Å². The molecule has 1 N–H and O–H groups in total. The van der Waals surface area contributed by atoms with Gasteiger partial charge in [0.1, 0.15) is 5.82 Å². The first-order valence-corrected chi connectivity index (χ1v) is 8.72. The number of alkyl halides is 3. The fraction of sp³-hybridized carbons (Fsp3) is 0.143. The van der Waals surface area contributed by atoms with Crippen LogP contribution in [0.2, 0.25) is 0 Å². The minimum Gasteiger partial charge on any atom is -0.340 e. The summed E-state index contributed by atoms with van der Waals surface area (Å²) in [6.07, 6.45) is -2.07. The van der Waals surface area contributed by atoms with Gasteiger partial charge < -0.3 is 10.2 Å². The van der Waals surface area contributed by atoms with Crippen molar-refractivity contribution in [1.82, 2.24) is 4.98 Å². The summed E-state index contributed by atoms with van der Waals surface area (Å²) in [5.41, 5.74) is 2.23. The van der Waals surface area contributed by atoms with Gasteiger partial charge in [-0.3, -0.25) is 4.79 Å². The molecule has 3 aromatic rings. The molecule has 0 fully saturated rings. The van der Waals surface area contributed by atoms with Crippen LogP contribution < -0.4 is 10.2 Å². The maximum atomic E-state index is 12.9. The van der Waals surface area contributed by atoms with E-state index in [0.29, 0.717) is 23.6 Å². The van der Waals surface area contributed by atoms with Gasteiger partial charge in [-0.1, -0.05) is 18.2 Å². The molecule has 7 heteroatoms. The molecule has 4 rings (SSSR count). The number of nitrogens with one attached hydrogen (secondary N) is 1. The molecule has 142 valence electrons. The molecule has 2 heterocycles. The van der Waals surface area contributed by atoms with E-state index in [2.05, 4.69) is 10.3 Å². The number of carbonyl (C=O) groups excluding carboxylic acids is 1. The number of halogens is 3. The number of anilines is 3. The smallest absolute Gasteiger partial charge is 0.340 e. The molecule has 1 aromatic heterocycles. The molecule has 1 aliphatic heterocycles. The first kappa shape index (κ1) is 18.0. The van der Waals surface area contributed by atoms with Crippen LogP contribution in [0.25, 0.3) is 0 Å². The molecule has 0 bridgehead atoms. The molecular weight excluding hydrogens is 367 g/mol. The van der Waals surface area contributed by atoms with Crippen molar-refractivity contribution in [3.63, 3.8) is 0 Å². The lowest BCUT2D eigenvalue weighted by atomic mass is 10.1. The Morgan fingerprint density at radius 1 is 1.04 bits per heavy atom. The van der Waals surface area contributed by atoms with Crippen molar-refractivity contribution < 1.29 is 18.0 Å². The molecule has 1 aliphatic rings. The Labute approximate surface area is 159 Å². The lowest BCUT2D eigenvalue weighted by molar-refractivity contribution is -0.137. The van der Waals surface area contributed by atoms with Crippen LogP contribution in [0.5, 0.6) is 0 Å². The zero-order valence-electron chi connectivity index (χ0n) is 14.7. The van der Waals surface area contributed by atoms with E-state index in [-0.39, 0.29) is 5.91 Å². The zero-order valence-corrected chi connectivity index (χ0v) is 14.7. The largest absolute Gasteiger partial charge is 0.416 e. The van der Waals surface area contributed by atoms with Gasteiger partial charge in [0.25, 0.3) is 5.91 Å². The quantitative estimate of drug-likeness (QED) is 0.689. The second-order valence-electron chi connectivity index (χ2n) is 6.47. The Morgan fingerprint density at radius 2 is 1.79 bits per heavy atom. The monoisotopic (exact) mass is 383 g/mol. The van der Waals surface area contributed by atoms with Crippen molar-refractivity contribution in [1.29, 1.82) is 0 Å². The first-order chi connectivity index (χ1) is 13.4. The lowest BCUT2D eigenvalue weighted by Gasteiger charge is -2.17. The molecule has 4 nitrogen and oxygen atoms in total. The predicted octanol–water partition coefficient (Wildman–Crippen LogP) is 5.05. The van der Waals surface area contributed by atoms with E-state index in [1.165, 1.54) is 18.3 Å². The van der Waals surface area contributed by atoms with Crippen molar-refractivity contribution in [2.75, 3.05) is 16.8 Å². The number of amides is 1. The Balaban J connectivity index is 1.53. The van der Waals surface area contributed by atoms with Gasteiger partial charge in [-0.25, -0.2) is 4.98 Å². The number of hydrogen-bond donors (Lipinski definition) is 1. The lowest BCUT2D eigenvalue weighted by Crippen LogP contribution is -2.28. The Hall–Kier alpha value is -3.35. The van der Waals surface area contributed by atoms with Crippen molar-refractivity contribution in [2.45, 2.75) is 12.6 Å². The molecule has 2 aromatic carbocycles. The van der Waals surface area contributed by atoms with Crippen LogP contribution in [0, 0.1) is 0 Å². The van der Waals surface area contributed by atoms with Crippen LogP contribution in [0.1, 0.15) is 21.5 Å². The number of para-hydroxylation sites is 1. The average Bonchev–Trinajstić information content (AvgIpc) is 3.11. The molecule has 0 aliphatic carbocycles. The summed E-state index contributed by atoms with van der Waals surface area (Å²) in [4.78, 5) is 18.8. The highest BCUT2D eigenvalue weighted by Crippen LogP contribution is 2.31.